The zero-order valence-corrected chi connectivity index (χ0v) is 33.0. The third-order valence-electron chi connectivity index (χ3n) is 16.1. The molecule has 0 N–H and O–H groups in total. The molecule has 7 aromatic carbocycles. The van der Waals surface area contributed by atoms with Crippen molar-refractivity contribution < 1.29 is 0 Å². The molecule has 57 heavy (non-hydrogen) atoms. The first kappa shape index (κ1) is 33.7. The highest BCUT2D eigenvalue weighted by molar-refractivity contribution is 5.97. The van der Waals surface area contributed by atoms with Crippen molar-refractivity contribution in [2.45, 2.75) is 57.3 Å². The van der Waals surface area contributed by atoms with Crippen LogP contribution in [0.5, 0.6) is 0 Å². The second-order valence-corrected chi connectivity index (χ2v) is 18.4. The molecule has 7 aromatic rings. The predicted molar refractivity (Wildman–Crippen MR) is 238 cm³/mol. The molecule has 4 saturated carbocycles. The van der Waals surface area contributed by atoms with E-state index in [4.69, 9.17) is 0 Å². The van der Waals surface area contributed by atoms with E-state index in [2.05, 4.69) is 176 Å². The van der Waals surface area contributed by atoms with Gasteiger partial charge in [-0.3, -0.25) is 0 Å². The van der Waals surface area contributed by atoms with Crippen LogP contribution in [0.25, 0.3) is 44.2 Å². The van der Waals surface area contributed by atoms with Crippen LogP contribution in [0.2, 0.25) is 0 Å². The molecule has 0 saturated heterocycles. The largest absolute Gasteiger partial charge is 0.310 e. The number of hydrogen-bond acceptors (Lipinski definition) is 1. The Bertz CT molecular complexity index is 2610. The van der Waals surface area contributed by atoms with E-state index in [1.54, 1.807) is 11.1 Å². The number of rotatable bonds is 5. The highest BCUT2D eigenvalue weighted by Gasteiger charge is 2.63. The number of hydrogen-bond donors (Lipinski definition) is 0. The molecule has 4 fully saturated rings. The van der Waals surface area contributed by atoms with Crippen LogP contribution in [0, 0.1) is 41.4 Å². The Morgan fingerprint density at radius 2 is 1.12 bits per heavy atom. The molecule has 0 heterocycles. The minimum atomic E-state index is 0.101. The summed E-state index contributed by atoms with van der Waals surface area (Å²) in [5.41, 5.74) is 14.9. The van der Waals surface area contributed by atoms with Gasteiger partial charge in [-0.15, -0.1) is 0 Å². The maximum absolute atomic E-state index is 2.69. The lowest BCUT2D eigenvalue weighted by Gasteiger charge is -2.63. The molecule has 0 radical (unpaired) electrons. The molecule has 280 valence electrons. The number of fused-ring (bicyclic) bond motifs is 9. The lowest BCUT2D eigenvalue weighted by Crippen LogP contribution is -2.58. The van der Waals surface area contributed by atoms with Gasteiger partial charge in [0.2, 0.25) is 0 Å². The summed E-state index contributed by atoms with van der Waals surface area (Å²) in [6, 6.07) is 61.9. The Hall–Kier alpha value is -5.40. The van der Waals surface area contributed by atoms with Gasteiger partial charge in [-0.25, -0.2) is 0 Å². The molecule has 1 heteroatoms. The summed E-state index contributed by atoms with van der Waals surface area (Å²) in [5.74, 6) is 6.01. The molecule has 0 aromatic heterocycles. The molecule has 8 atom stereocenters. The Morgan fingerprint density at radius 3 is 1.96 bits per heavy atom. The molecule has 0 aliphatic heterocycles. The van der Waals surface area contributed by atoms with Crippen LogP contribution < -0.4 is 4.90 Å². The molecule has 0 amide bonds. The van der Waals surface area contributed by atoms with Crippen molar-refractivity contribution >= 4 is 27.8 Å². The van der Waals surface area contributed by atoms with Crippen molar-refractivity contribution in [2.75, 3.05) is 4.90 Å². The molecule has 8 unspecified atom stereocenters. The molecule has 5 aliphatic carbocycles. The Morgan fingerprint density at radius 1 is 0.474 bits per heavy atom. The van der Waals surface area contributed by atoms with E-state index in [1.165, 1.54) is 106 Å². The third kappa shape index (κ3) is 5.07. The second kappa shape index (κ2) is 13.1. The van der Waals surface area contributed by atoms with E-state index in [0.29, 0.717) is 5.92 Å². The molecule has 4 bridgehead atoms. The minimum absolute atomic E-state index is 0.101. The van der Waals surface area contributed by atoms with Crippen molar-refractivity contribution in [1.82, 2.24) is 0 Å². The smallest absolute Gasteiger partial charge is 0.0468 e. The quantitative estimate of drug-likeness (QED) is 0.170. The molecule has 1 spiro atoms. The van der Waals surface area contributed by atoms with E-state index < -0.39 is 0 Å². The molecule has 12 rings (SSSR count). The molecule has 5 aliphatic rings. The topological polar surface area (TPSA) is 3.24 Å². The lowest BCUT2D eigenvalue weighted by molar-refractivity contribution is -0.0898. The molecular formula is C56H51N. The van der Waals surface area contributed by atoms with E-state index in [1.807, 2.05) is 0 Å². The van der Waals surface area contributed by atoms with Gasteiger partial charge in [0.15, 0.2) is 0 Å². The van der Waals surface area contributed by atoms with Crippen LogP contribution in [0.15, 0.2) is 164 Å². The van der Waals surface area contributed by atoms with Crippen molar-refractivity contribution in [3.8, 4) is 33.4 Å². The van der Waals surface area contributed by atoms with Gasteiger partial charge in [-0.05, 0) is 159 Å². The fourth-order valence-corrected chi connectivity index (χ4v) is 13.8. The monoisotopic (exact) mass is 737 g/mol. The summed E-state index contributed by atoms with van der Waals surface area (Å²) in [6.07, 6.45) is 10.2. The van der Waals surface area contributed by atoms with Gasteiger partial charge in [0.1, 0.15) is 0 Å². The van der Waals surface area contributed by atoms with Crippen LogP contribution in [0.4, 0.5) is 17.1 Å². The van der Waals surface area contributed by atoms with Crippen molar-refractivity contribution in [2.24, 2.45) is 41.4 Å². The highest BCUT2D eigenvalue weighted by atomic mass is 15.1. The van der Waals surface area contributed by atoms with Gasteiger partial charge < -0.3 is 4.90 Å². The highest BCUT2D eigenvalue weighted by Crippen LogP contribution is 2.70. The SMILES string of the molecule is CC1C2CC3CCCC4CC(CC2C4C3)C12c1ccccc1-c1cc(N(c3ccc(-c4ccccc4)cc3)c3ccc(-c4cccc5ccccc45)cc3)ccc12. The van der Waals surface area contributed by atoms with E-state index in [0.717, 1.165) is 35.5 Å². The average molecular weight is 738 g/mol. The normalized spacial score (nSPS) is 27.8. The second-order valence-electron chi connectivity index (χ2n) is 18.4. The van der Waals surface area contributed by atoms with Crippen LogP contribution in [-0.2, 0) is 5.41 Å². The number of benzene rings is 7. The van der Waals surface area contributed by atoms with Crippen LogP contribution in [0.1, 0.15) is 63.0 Å². The van der Waals surface area contributed by atoms with Gasteiger partial charge in [0, 0.05) is 22.5 Å². The van der Waals surface area contributed by atoms with Crippen molar-refractivity contribution in [3.05, 3.63) is 175 Å². The first-order valence-electron chi connectivity index (χ1n) is 21.9. The number of nitrogens with zero attached hydrogens (tertiary/aromatic N) is 1. The summed E-state index contributed by atoms with van der Waals surface area (Å²) in [5, 5.41) is 2.57. The zero-order valence-electron chi connectivity index (χ0n) is 33.0. The van der Waals surface area contributed by atoms with Gasteiger partial charge >= 0.3 is 0 Å². The standard InChI is InChI=1S/C56H51N/c1-36-50-31-37-11-9-16-42-33-43(34-52(50)51(42)32-37)56(36)54-20-8-7-18-49(54)53-35-46(29-30-55(53)56)57(44-25-21-39(22-26-44)38-12-3-2-4-13-38)45-27-23-41(24-28-45)48-19-10-15-40-14-5-6-17-47(40)48/h2-8,10,12-15,17-30,35-37,42-43,50-52H,9,11,16,31-34H2,1H3. The summed E-state index contributed by atoms with van der Waals surface area (Å²) in [7, 11) is 0. The van der Waals surface area contributed by atoms with E-state index in [9.17, 15) is 0 Å². The Labute approximate surface area is 338 Å². The first-order chi connectivity index (χ1) is 28.1. The fraction of sp³-hybridized carbons (Fsp3) is 0.286. The Balaban J connectivity index is 0.998. The summed E-state index contributed by atoms with van der Waals surface area (Å²) < 4.78 is 0. The summed E-state index contributed by atoms with van der Waals surface area (Å²) in [4.78, 5) is 2.49. The van der Waals surface area contributed by atoms with E-state index >= 15 is 0 Å². The maximum atomic E-state index is 2.69. The van der Waals surface area contributed by atoms with Gasteiger partial charge in [0.25, 0.3) is 0 Å². The van der Waals surface area contributed by atoms with E-state index in [-0.39, 0.29) is 5.41 Å². The minimum Gasteiger partial charge on any atom is -0.310 e. The van der Waals surface area contributed by atoms with Crippen LogP contribution in [0.3, 0.4) is 0 Å². The lowest BCUT2D eigenvalue weighted by atomic mass is 9.41. The number of anilines is 3. The molecular weight excluding hydrogens is 687 g/mol. The third-order valence-corrected chi connectivity index (χ3v) is 16.1. The Kier molecular flexibility index (Phi) is 7.73. The summed E-state index contributed by atoms with van der Waals surface area (Å²) in [6.45, 7) is 2.69. The zero-order chi connectivity index (χ0) is 37.7. The molecule has 1 nitrogen and oxygen atoms in total. The van der Waals surface area contributed by atoms with Gasteiger partial charge in [-0.2, -0.15) is 0 Å². The van der Waals surface area contributed by atoms with Crippen LogP contribution >= 0.6 is 0 Å². The van der Waals surface area contributed by atoms with Gasteiger partial charge in [0.05, 0.1) is 0 Å². The predicted octanol–water partition coefficient (Wildman–Crippen LogP) is 15.0. The van der Waals surface area contributed by atoms with Crippen molar-refractivity contribution in [1.29, 1.82) is 0 Å². The fourth-order valence-electron chi connectivity index (χ4n) is 13.8. The first-order valence-corrected chi connectivity index (χ1v) is 21.9. The summed E-state index contributed by atoms with van der Waals surface area (Å²) >= 11 is 0. The van der Waals surface area contributed by atoms with Crippen molar-refractivity contribution in [3.63, 3.8) is 0 Å². The maximum Gasteiger partial charge on any atom is 0.0468 e. The van der Waals surface area contributed by atoms with Gasteiger partial charge in [-0.1, -0.05) is 154 Å². The van der Waals surface area contributed by atoms with Crippen LogP contribution in [-0.4, -0.2) is 0 Å². The average Bonchev–Trinajstić information content (AvgIpc) is 3.41.